The SMILES string of the molecule is CCCOCCC(C)CC. The van der Waals surface area contributed by atoms with Crippen LogP contribution in [0.15, 0.2) is 0 Å². The maximum atomic E-state index is 5.36. The molecule has 1 heteroatoms. The van der Waals surface area contributed by atoms with E-state index in [4.69, 9.17) is 4.74 Å². The second-order valence-electron chi connectivity index (χ2n) is 2.91. The zero-order valence-corrected chi connectivity index (χ0v) is 7.52. The summed E-state index contributed by atoms with van der Waals surface area (Å²) < 4.78 is 5.36. The van der Waals surface area contributed by atoms with E-state index < -0.39 is 0 Å². The number of hydrogen-bond donors (Lipinski definition) is 0. The Kier molecular flexibility index (Phi) is 7.04. The Morgan fingerprint density at radius 1 is 1.20 bits per heavy atom. The van der Waals surface area contributed by atoms with Crippen LogP contribution in [0.1, 0.15) is 40.0 Å². The molecule has 0 N–H and O–H groups in total. The molecule has 0 saturated carbocycles. The zero-order valence-electron chi connectivity index (χ0n) is 7.52. The molecular formula is C9H20O. The van der Waals surface area contributed by atoms with Gasteiger partial charge in [0.1, 0.15) is 0 Å². The standard InChI is InChI=1S/C9H20O/c1-4-7-10-8-6-9(3)5-2/h9H,4-8H2,1-3H3. The van der Waals surface area contributed by atoms with Gasteiger partial charge in [-0.1, -0.05) is 27.2 Å². The van der Waals surface area contributed by atoms with Crippen molar-refractivity contribution in [3.05, 3.63) is 0 Å². The van der Waals surface area contributed by atoms with E-state index in [1.54, 1.807) is 0 Å². The molecule has 0 radical (unpaired) electrons. The smallest absolute Gasteiger partial charge is 0.0468 e. The molecule has 0 heterocycles. The van der Waals surface area contributed by atoms with Crippen molar-refractivity contribution in [2.45, 2.75) is 40.0 Å². The summed E-state index contributed by atoms with van der Waals surface area (Å²) in [6.07, 6.45) is 3.63. The summed E-state index contributed by atoms with van der Waals surface area (Å²) in [5.74, 6) is 0.830. The highest BCUT2D eigenvalue weighted by Gasteiger charge is 1.96. The average Bonchev–Trinajstić information content (AvgIpc) is 1.98. The Hall–Kier alpha value is -0.0400. The molecule has 0 aliphatic heterocycles. The van der Waals surface area contributed by atoms with Crippen LogP contribution in [0.2, 0.25) is 0 Å². The summed E-state index contributed by atoms with van der Waals surface area (Å²) >= 11 is 0. The highest BCUT2D eigenvalue weighted by molar-refractivity contribution is 4.47. The molecule has 0 aromatic rings. The summed E-state index contributed by atoms with van der Waals surface area (Å²) in [5, 5.41) is 0. The second kappa shape index (κ2) is 7.07. The minimum absolute atomic E-state index is 0.830. The Labute approximate surface area is 64.8 Å². The van der Waals surface area contributed by atoms with Gasteiger partial charge in [0.05, 0.1) is 0 Å². The van der Waals surface area contributed by atoms with Gasteiger partial charge in [0, 0.05) is 13.2 Å². The van der Waals surface area contributed by atoms with Crippen LogP contribution in [0.25, 0.3) is 0 Å². The summed E-state index contributed by atoms with van der Waals surface area (Å²) in [7, 11) is 0. The normalized spacial score (nSPS) is 13.5. The largest absolute Gasteiger partial charge is 0.381 e. The van der Waals surface area contributed by atoms with Gasteiger partial charge in [-0.3, -0.25) is 0 Å². The van der Waals surface area contributed by atoms with Crippen molar-refractivity contribution < 1.29 is 4.74 Å². The molecule has 1 nitrogen and oxygen atoms in total. The van der Waals surface area contributed by atoms with Crippen molar-refractivity contribution in [1.29, 1.82) is 0 Å². The van der Waals surface area contributed by atoms with Crippen LogP contribution in [-0.4, -0.2) is 13.2 Å². The number of rotatable bonds is 6. The third kappa shape index (κ3) is 6.09. The van der Waals surface area contributed by atoms with Gasteiger partial charge >= 0.3 is 0 Å². The quantitative estimate of drug-likeness (QED) is 0.521. The molecule has 0 spiro atoms. The van der Waals surface area contributed by atoms with E-state index in [1.807, 2.05) is 0 Å². The van der Waals surface area contributed by atoms with Crippen molar-refractivity contribution in [1.82, 2.24) is 0 Å². The second-order valence-corrected chi connectivity index (χ2v) is 2.91. The minimum atomic E-state index is 0.830. The first-order valence-electron chi connectivity index (χ1n) is 4.39. The lowest BCUT2D eigenvalue weighted by Gasteiger charge is -2.07. The average molecular weight is 144 g/mol. The lowest BCUT2D eigenvalue weighted by atomic mass is 10.1. The fourth-order valence-electron chi connectivity index (χ4n) is 0.735. The van der Waals surface area contributed by atoms with E-state index >= 15 is 0 Å². The third-order valence-electron chi connectivity index (χ3n) is 1.80. The number of hydrogen-bond acceptors (Lipinski definition) is 1. The fourth-order valence-corrected chi connectivity index (χ4v) is 0.735. The lowest BCUT2D eigenvalue weighted by molar-refractivity contribution is 0.122. The van der Waals surface area contributed by atoms with Gasteiger partial charge in [0.2, 0.25) is 0 Å². The molecular weight excluding hydrogens is 124 g/mol. The van der Waals surface area contributed by atoms with Crippen molar-refractivity contribution in [2.24, 2.45) is 5.92 Å². The fraction of sp³-hybridized carbons (Fsp3) is 1.00. The van der Waals surface area contributed by atoms with Crippen molar-refractivity contribution >= 4 is 0 Å². The van der Waals surface area contributed by atoms with Crippen LogP contribution < -0.4 is 0 Å². The molecule has 0 amide bonds. The van der Waals surface area contributed by atoms with E-state index in [2.05, 4.69) is 20.8 Å². The molecule has 10 heavy (non-hydrogen) atoms. The van der Waals surface area contributed by atoms with E-state index in [9.17, 15) is 0 Å². The van der Waals surface area contributed by atoms with Crippen LogP contribution in [0.5, 0.6) is 0 Å². The van der Waals surface area contributed by atoms with E-state index in [1.165, 1.54) is 12.8 Å². The monoisotopic (exact) mass is 144 g/mol. The van der Waals surface area contributed by atoms with Gasteiger partial charge in [-0.25, -0.2) is 0 Å². The molecule has 0 aliphatic carbocycles. The van der Waals surface area contributed by atoms with E-state index in [0.29, 0.717) is 0 Å². The molecule has 0 aromatic heterocycles. The highest BCUT2D eigenvalue weighted by Crippen LogP contribution is 2.05. The van der Waals surface area contributed by atoms with Gasteiger partial charge < -0.3 is 4.74 Å². The number of ether oxygens (including phenoxy) is 1. The summed E-state index contributed by atoms with van der Waals surface area (Å²) in [6.45, 7) is 8.52. The van der Waals surface area contributed by atoms with Gasteiger partial charge in [-0.2, -0.15) is 0 Å². The Morgan fingerprint density at radius 3 is 2.40 bits per heavy atom. The molecule has 0 rings (SSSR count). The van der Waals surface area contributed by atoms with Gasteiger partial charge in [-0.05, 0) is 18.8 Å². The van der Waals surface area contributed by atoms with E-state index in [0.717, 1.165) is 25.6 Å². The summed E-state index contributed by atoms with van der Waals surface area (Å²) in [5.41, 5.74) is 0. The molecule has 0 aliphatic rings. The predicted molar refractivity (Wildman–Crippen MR) is 45.2 cm³/mol. The minimum Gasteiger partial charge on any atom is -0.381 e. The predicted octanol–water partition coefficient (Wildman–Crippen LogP) is 2.85. The Bertz CT molecular complexity index is 61.7. The van der Waals surface area contributed by atoms with Crippen LogP contribution in [0.3, 0.4) is 0 Å². The lowest BCUT2D eigenvalue weighted by Crippen LogP contribution is -2.01. The zero-order chi connectivity index (χ0) is 7.82. The van der Waals surface area contributed by atoms with Crippen molar-refractivity contribution in [3.8, 4) is 0 Å². The van der Waals surface area contributed by atoms with E-state index in [-0.39, 0.29) is 0 Å². The first kappa shape index (κ1) is 9.96. The third-order valence-corrected chi connectivity index (χ3v) is 1.80. The Balaban J connectivity index is 2.89. The first-order chi connectivity index (χ1) is 4.81. The highest BCUT2D eigenvalue weighted by atomic mass is 16.5. The molecule has 0 bridgehead atoms. The van der Waals surface area contributed by atoms with Crippen LogP contribution in [0, 0.1) is 5.92 Å². The van der Waals surface area contributed by atoms with Crippen LogP contribution in [0.4, 0.5) is 0 Å². The summed E-state index contributed by atoms with van der Waals surface area (Å²) in [4.78, 5) is 0. The maximum Gasteiger partial charge on any atom is 0.0468 e. The molecule has 1 unspecified atom stereocenters. The molecule has 1 atom stereocenters. The van der Waals surface area contributed by atoms with Gasteiger partial charge in [0.15, 0.2) is 0 Å². The maximum absolute atomic E-state index is 5.36. The molecule has 62 valence electrons. The van der Waals surface area contributed by atoms with Crippen molar-refractivity contribution in [2.75, 3.05) is 13.2 Å². The Morgan fingerprint density at radius 2 is 1.90 bits per heavy atom. The van der Waals surface area contributed by atoms with Gasteiger partial charge in [0.25, 0.3) is 0 Å². The van der Waals surface area contributed by atoms with Gasteiger partial charge in [-0.15, -0.1) is 0 Å². The van der Waals surface area contributed by atoms with Crippen LogP contribution >= 0.6 is 0 Å². The molecule has 0 saturated heterocycles. The van der Waals surface area contributed by atoms with Crippen LogP contribution in [-0.2, 0) is 4.74 Å². The summed E-state index contributed by atoms with van der Waals surface area (Å²) in [6, 6.07) is 0. The molecule has 0 aromatic carbocycles. The molecule has 0 fully saturated rings. The topological polar surface area (TPSA) is 9.23 Å². The van der Waals surface area contributed by atoms with Crippen molar-refractivity contribution in [3.63, 3.8) is 0 Å². The first-order valence-corrected chi connectivity index (χ1v) is 4.39.